The summed E-state index contributed by atoms with van der Waals surface area (Å²) in [5.41, 5.74) is 6.11. The molecule has 4 heteroatoms. The summed E-state index contributed by atoms with van der Waals surface area (Å²) in [6.45, 7) is 7.06. The fourth-order valence-corrected chi connectivity index (χ4v) is 1.26. The molecule has 88 valence electrons. The summed E-state index contributed by atoms with van der Waals surface area (Å²) in [6, 6.07) is 2.97. The number of rotatable bonds is 1. The Morgan fingerprint density at radius 3 is 2.38 bits per heavy atom. The van der Waals surface area contributed by atoms with E-state index in [4.69, 9.17) is 10.5 Å². The van der Waals surface area contributed by atoms with E-state index in [1.54, 1.807) is 33.8 Å². The maximum Gasteiger partial charge on any atom is 0.338 e. The Balaban J connectivity index is 3.02. The van der Waals surface area contributed by atoms with Gasteiger partial charge in [-0.2, -0.15) is 0 Å². The summed E-state index contributed by atoms with van der Waals surface area (Å²) in [5.74, 6) is -0.436. The predicted octanol–water partition coefficient (Wildman–Crippen LogP) is 2.24. The molecule has 0 amide bonds. The lowest BCUT2D eigenvalue weighted by Crippen LogP contribution is -2.24. The average molecular weight is 223 g/mol. The van der Waals surface area contributed by atoms with Crippen molar-refractivity contribution in [1.82, 2.24) is 0 Å². The van der Waals surface area contributed by atoms with Crippen LogP contribution < -0.4 is 5.73 Å². The van der Waals surface area contributed by atoms with Gasteiger partial charge >= 0.3 is 5.97 Å². The normalized spacial score (nSPS) is 11.2. The number of anilines is 1. The first-order chi connectivity index (χ1) is 7.20. The molecule has 0 aliphatic heterocycles. The zero-order chi connectivity index (χ0) is 12.5. The third-order valence-corrected chi connectivity index (χ3v) is 1.96. The molecule has 1 aromatic carbocycles. The van der Waals surface area contributed by atoms with Crippen molar-refractivity contribution < 1.29 is 14.6 Å². The Bertz CT molecular complexity index is 396. The predicted molar refractivity (Wildman–Crippen MR) is 62.4 cm³/mol. The van der Waals surface area contributed by atoms with Crippen molar-refractivity contribution in [2.45, 2.75) is 33.3 Å². The van der Waals surface area contributed by atoms with E-state index in [9.17, 15) is 9.90 Å². The van der Waals surface area contributed by atoms with E-state index in [0.717, 1.165) is 0 Å². The van der Waals surface area contributed by atoms with Gasteiger partial charge in [0.15, 0.2) is 0 Å². The van der Waals surface area contributed by atoms with Crippen molar-refractivity contribution in [3.8, 4) is 5.75 Å². The van der Waals surface area contributed by atoms with Crippen LogP contribution in [-0.2, 0) is 4.74 Å². The van der Waals surface area contributed by atoms with Crippen molar-refractivity contribution in [3.63, 3.8) is 0 Å². The number of aryl methyl sites for hydroxylation is 1. The number of ether oxygens (including phenoxy) is 1. The van der Waals surface area contributed by atoms with Gasteiger partial charge in [-0.3, -0.25) is 0 Å². The molecule has 3 N–H and O–H groups in total. The Morgan fingerprint density at radius 2 is 1.94 bits per heavy atom. The zero-order valence-corrected chi connectivity index (χ0v) is 10.00. The van der Waals surface area contributed by atoms with Crippen molar-refractivity contribution in [2.75, 3.05) is 5.73 Å². The number of hydrogen-bond acceptors (Lipinski definition) is 4. The van der Waals surface area contributed by atoms with Crippen molar-refractivity contribution in [2.24, 2.45) is 0 Å². The summed E-state index contributed by atoms with van der Waals surface area (Å²) in [7, 11) is 0. The zero-order valence-electron chi connectivity index (χ0n) is 10.00. The fraction of sp³-hybridized carbons (Fsp3) is 0.417. The van der Waals surface area contributed by atoms with Gasteiger partial charge in [-0.15, -0.1) is 0 Å². The standard InChI is InChI=1S/C12H17NO3/c1-7-5-8(6-9(13)10(7)14)11(15)16-12(2,3)4/h5-6,14H,13H2,1-4H3. The first-order valence-electron chi connectivity index (χ1n) is 5.03. The maximum absolute atomic E-state index is 11.7. The molecule has 0 saturated heterocycles. The van der Waals surface area contributed by atoms with Gasteiger partial charge in [0.25, 0.3) is 0 Å². The highest BCUT2D eigenvalue weighted by atomic mass is 16.6. The molecule has 0 saturated carbocycles. The number of nitrogen functional groups attached to an aromatic ring is 1. The Morgan fingerprint density at radius 1 is 1.38 bits per heavy atom. The van der Waals surface area contributed by atoms with Gasteiger partial charge in [-0.25, -0.2) is 4.79 Å². The van der Waals surface area contributed by atoms with Gasteiger partial charge in [0.2, 0.25) is 0 Å². The molecule has 0 unspecified atom stereocenters. The van der Waals surface area contributed by atoms with Crippen LogP contribution in [0.4, 0.5) is 5.69 Å². The van der Waals surface area contributed by atoms with Crippen LogP contribution in [0.2, 0.25) is 0 Å². The van der Waals surface area contributed by atoms with Crippen molar-refractivity contribution in [1.29, 1.82) is 0 Å². The molecule has 4 nitrogen and oxygen atoms in total. The molecular weight excluding hydrogens is 206 g/mol. The number of carbonyl (C=O) groups is 1. The summed E-state index contributed by atoms with van der Waals surface area (Å²) in [4.78, 5) is 11.7. The second kappa shape index (κ2) is 4.04. The summed E-state index contributed by atoms with van der Waals surface area (Å²) in [5, 5.41) is 9.47. The molecule has 0 atom stereocenters. The highest BCUT2D eigenvalue weighted by Gasteiger charge is 2.19. The molecule has 0 aromatic heterocycles. The van der Waals surface area contributed by atoms with Crippen molar-refractivity contribution >= 4 is 11.7 Å². The van der Waals surface area contributed by atoms with Gasteiger partial charge in [-0.1, -0.05) is 0 Å². The van der Waals surface area contributed by atoms with Gasteiger partial charge in [0.1, 0.15) is 11.4 Å². The van der Waals surface area contributed by atoms with Crippen LogP contribution in [0.1, 0.15) is 36.7 Å². The number of benzene rings is 1. The SMILES string of the molecule is Cc1cc(C(=O)OC(C)(C)C)cc(N)c1O. The topological polar surface area (TPSA) is 72.5 Å². The minimum Gasteiger partial charge on any atom is -0.506 e. The second-order valence-electron chi connectivity index (χ2n) is 4.73. The third-order valence-electron chi connectivity index (χ3n) is 1.96. The minimum atomic E-state index is -0.544. The van der Waals surface area contributed by atoms with E-state index < -0.39 is 11.6 Å². The molecule has 0 aliphatic rings. The highest BCUT2D eigenvalue weighted by molar-refractivity contribution is 5.91. The lowest BCUT2D eigenvalue weighted by Gasteiger charge is -2.19. The third kappa shape index (κ3) is 2.89. The number of phenolic OH excluding ortho intramolecular Hbond substituents is 1. The fourth-order valence-electron chi connectivity index (χ4n) is 1.26. The number of carbonyl (C=O) groups excluding carboxylic acids is 1. The lowest BCUT2D eigenvalue weighted by atomic mass is 10.1. The van der Waals surface area contributed by atoms with Gasteiger partial charge in [-0.05, 0) is 45.4 Å². The molecular formula is C12H17NO3. The monoisotopic (exact) mass is 223 g/mol. The van der Waals surface area contributed by atoms with Crippen LogP contribution in [0.25, 0.3) is 0 Å². The van der Waals surface area contributed by atoms with Crippen LogP contribution in [0, 0.1) is 6.92 Å². The van der Waals surface area contributed by atoms with Crippen LogP contribution in [0.3, 0.4) is 0 Å². The number of esters is 1. The molecule has 0 spiro atoms. The largest absolute Gasteiger partial charge is 0.506 e. The molecule has 0 heterocycles. The quantitative estimate of drug-likeness (QED) is 0.435. The van der Waals surface area contributed by atoms with E-state index in [-0.39, 0.29) is 11.4 Å². The molecule has 0 radical (unpaired) electrons. The van der Waals surface area contributed by atoms with Crippen molar-refractivity contribution in [3.05, 3.63) is 23.3 Å². The maximum atomic E-state index is 11.7. The van der Waals surface area contributed by atoms with Gasteiger partial charge in [0, 0.05) is 0 Å². The highest BCUT2D eigenvalue weighted by Crippen LogP contribution is 2.26. The minimum absolute atomic E-state index is 0.00677. The number of phenols is 1. The first-order valence-corrected chi connectivity index (χ1v) is 5.03. The average Bonchev–Trinajstić information content (AvgIpc) is 2.10. The first kappa shape index (κ1) is 12.4. The summed E-state index contributed by atoms with van der Waals surface area (Å²) >= 11 is 0. The lowest BCUT2D eigenvalue weighted by molar-refractivity contribution is 0.00695. The summed E-state index contributed by atoms with van der Waals surface area (Å²) < 4.78 is 5.20. The van der Waals surface area contributed by atoms with Crippen LogP contribution in [0.15, 0.2) is 12.1 Å². The van der Waals surface area contributed by atoms with Crippen LogP contribution in [-0.4, -0.2) is 16.7 Å². The molecule has 0 aliphatic carbocycles. The van der Waals surface area contributed by atoms with E-state index in [1.807, 2.05) is 0 Å². The summed E-state index contributed by atoms with van der Waals surface area (Å²) in [6.07, 6.45) is 0. The van der Waals surface area contributed by atoms with Crippen LogP contribution in [0.5, 0.6) is 5.75 Å². The molecule has 0 bridgehead atoms. The Kier molecular flexibility index (Phi) is 3.12. The Hall–Kier alpha value is -1.71. The van der Waals surface area contributed by atoms with E-state index in [2.05, 4.69) is 0 Å². The molecule has 0 fully saturated rings. The van der Waals surface area contributed by atoms with E-state index >= 15 is 0 Å². The molecule has 1 rings (SSSR count). The molecule has 16 heavy (non-hydrogen) atoms. The smallest absolute Gasteiger partial charge is 0.338 e. The second-order valence-corrected chi connectivity index (χ2v) is 4.73. The Labute approximate surface area is 95.0 Å². The number of hydrogen-bond donors (Lipinski definition) is 2. The van der Waals surface area contributed by atoms with Crippen LogP contribution >= 0.6 is 0 Å². The molecule has 1 aromatic rings. The van der Waals surface area contributed by atoms with Gasteiger partial charge in [0.05, 0.1) is 11.3 Å². The van der Waals surface area contributed by atoms with E-state index in [1.165, 1.54) is 6.07 Å². The van der Waals surface area contributed by atoms with E-state index in [0.29, 0.717) is 11.1 Å². The number of aromatic hydroxyl groups is 1. The van der Waals surface area contributed by atoms with Gasteiger partial charge < -0.3 is 15.6 Å². The number of nitrogens with two attached hydrogens (primary N) is 1.